The number of carbonyl (C=O) groups is 2. The number of nitrogens with zero attached hydrogens (tertiary/aromatic N) is 1. The van der Waals surface area contributed by atoms with Crippen LogP contribution in [0.2, 0.25) is 0 Å². The van der Waals surface area contributed by atoms with Gasteiger partial charge in [0.2, 0.25) is 5.91 Å². The molecule has 1 aromatic heterocycles. The van der Waals surface area contributed by atoms with Crippen molar-refractivity contribution < 1.29 is 19.1 Å². The third-order valence-corrected chi connectivity index (χ3v) is 4.03. The number of nitrogens with one attached hydrogen (secondary N) is 1. The molecule has 6 nitrogen and oxygen atoms in total. The fourth-order valence-corrected chi connectivity index (χ4v) is 2.64. The topological polar surface area (TPSA) is 77.5 Å². The number of Topliss-reactive ketones (excluding diaryl/α,β-unsaturated/α-hetero) is 1. The van der Waals surface area contributed by atoms with Gasteiger partial charge in [-0.05, 0) is 42.8 Å². The summed E-state index contributed by atoms with van der Waals surface area (Å²) in [4.78, 5) is 28.3. The minimum Gasteiger partial charge on any atom is -0.486 e. The average molecular weight is 340 g/mol. The summed E-state index contributed by atoms with van der Waals surface area (Å²) in [6.07, 6.45) is 3.66. The van der Waals surface area contributed by atoms with Gasteiger partial charge in [-0.25, -0.2) is 0 Å². The molecule has 0 fully saturated rings. The number of benzene rings is 1. The zero-order chi connectivity index (χ0) is 17.6. The van der Waals surface area contributed by atoms with Crippen molar-refractivity contribution in [1.29, 1.82) is 0 Å². The Balaban J connectivity index is 1.52. The van der Waals surface area contributed by atoms with Gasteiger partial charge in [0, 0.05) is 30.8 Å². The molecular formula is C19H20N2O4. The van der Waals surface area contributed by atoms with E-state index in [0.29, 0.717) is 30.3 Å². The maximum atomic E-state index is 12.3. The molecule has 0 bridgehead atoms. The zero-order valence-corrected chi connectivity index (χ0v) is 14.0. The van der Waals surface area contributed by atoms with Crippen LogP contribution in [0, 0.1) is 0 Å². The van der Waals surface area contributed by atoms with E-state index in [1.165, 1.54) is 0 Å². The van der Waals surface area contributed by atoms with Crippen LogP contribution in [0.25, 0.3) is 0 Å². The summed E-state index contributed by atoms with van der Waals surface area (Å²) >= 11 is 0. The van der Waals surface area contributed by atoms with Crippen LogP contribution in [0.3, 0.4) is 0 Å². The molecule has 1 aromatic carbocycles. The van der Waals surface area contributed by atoms with E-state index < -0.39 is 0 Å². The van der Waals surface area contributed by atoms with Crippen LogP contribution in [-0.4, -0.2) is 29.9 Å². The second kappa shape index (κ2) is 7.79. The van der Waals surface area contributed by atoms with Crippen LogP contribution in [0.5, 0.6) is 11.5 Å². The number of hydrogen-bond acceptors (Lipinski definition) is 5. The number of hydrogen-bond donors (Lipinski definition) is 1. The molecule has 25 heavy (non-hydrogen) atoms. The van der Waals surface area contributed by atoms with Gasteiger partial charge < -0.3 is 14.8 Å². The fraction of sp³-hybridized carbons (Fsp3) is 0.316. The Labute approximate surface area is 146 Å². The number of ether oxygens (including phenoxy) is 2. The fourth-order valence-electron chi connectivity index (χ4n) is 2.64. The van der Waals surface area contributed by atoms with Gasteiger partial charge >= 0.3 is 0 Å². The highest BCUT2D eigenvalue weighted by molar-refractivity contribution is 5.98. The molecule has 0 radical (unpaired) electrons. The Morgan fingerprint density at radius 1 is 1.08 bits per heavy atom. The molecule has 3 rings (SSSR count). The van der Waals surface area contributed by atoms with E-state index in [9.17, 15) is 9.59 Å². The first-order valence-electron chi connectivity index (χ1n) is 8.25. The van der Waals surface area contributed by atoms with E-state index in [-0.39, 0.29) is 30.6 Å². The van der Waals surface area contributed by atoms with Gasteiger partial charge in [0.05, 0.1) is 6.04 Å². The summed E-state index contributed by atoms with van der Waals surface area (Å²) in [5, 5.41) is 2.89. The number of ketones is 1. The van der Waals surface area contributed by atoms with Gasteiger partial charge in [-0.1, -0.05) is 0 Å². The van der Waals surface area contributed by atoms with Crippen LogP contribution in [0.1, 0.15) is 41.7 Å². The standard InChI is InChI=1S/C19H20N2O4/c1-13(14-6-8-20-9-7-14)21-19(23)5-3-16(22)15-2-4-17-18(12-15)25-11-10-24-17/h2,4,6-9,12-13H,3,5,10-11H2,1H3,(H,21,23). The summed E-state index contributed by atoms with van der Waals surface area (Å²) in [5.74, 6) is 0.971. The molecule has 1 unspecified atom stereocenters. The van der Waals surface area contributed by atoms with E-state index in [4.69, 9.17) is 9.47 Å². The Hall–Kier alpha value is -2.89. The molecule has 1 amide bonds. The average Bonchev–Trinajstić information content (AvgIpc) is 2.66. The number of amides is 1. The number of fused-ring (bicyclic) bond motifs is 1. The lowest BCUT2D eigenvalue weighted by Crippen LogP contribution is -2.27. The highest BCUT2D eigenvalue weighted by Crippen LogP contribution is 2.31. The van der Waals surface area contributed by atoms with Crippen molar-refractivity contribution in [1.82, 2.24) is 10.3 Å². The van der Waals surface area contributed by atoms with Crippen LogP contribution >= 0.6 is 0 Å². The summed E-state index contributed by atoms with van der Waals surface area (Å²) in [7, 11) is 0. The van der Waals surface area contributed by atoms with E-state index >= 15 is 0 Å². The maximum absolute atomic E-state index is 12.3. The van der Waals surface area contributed by atoms with Gasteiger partial charge in [-0.2, -0.15) is 0 Å². The number of rotatable bonds is 6. The largest absolute Gasteiger partial charge is 0.486 e. The lowest BCUT2D eigenvalue weighted by atomic mass is 10.0. The minimum absolute atomic E-state index is 0.0938. The first-order chi connectivity index (χ1) is 12.1. The smallest absolute Gasteiger partial charge is 0.220 e. The van der Waals surface area contributed by atoms with E-state index in [1.54, 1.807) is 30.6 Å². The molecule has 0 aliphatic carbocycles. The van der Waals surface area contributed by atoms with Crippen LogP contribution in [0.15, 0.2) is 42.7 Å². The van der Waals surface area contributed by atoms with Crippen LogP contribution in [-0.2, 0) is 4.79 Å². The molecule has 1 aliphatic rings. The third-order valence-electron chi connectivity index (χ3n) is 4.03. The van der Waals surface area contributed by atoms with Gasteiger partial charge in [0.1, 0.15) is 13.2 Å². The molecule has 0 spiro atoms. The predicted molar refractivity (Wildman–Crippen MR) is 91.8 cm³/mol. The Morgan fingerprint density at radius 3 is 2.56 bits per heavy atom. The molecular weight excluding hydrogens is 320 g/mol. The van der Waals surface area contributed by atoms with E-state index in [2.05, 4.69) is 10.3 Å². The van der Waals surface area contributed by atoms with Crippen molar-refractivity contribution in [2.75, 3.05) is 13.2 Å². The van der Waals surface area contributed by atoms with E-state index in [0.717, 1.165) is 5.56 Å². The summed E-state index contributed by atoms with van der Waals surface area (Å²) in [5.41, 5.74) is 1.50. The molecule has 6 heteroatoms. The first kappa shape index (κ1) is 17.0. The van der Waals surface area contributed by atoms with E-state index in [1.807, 2.05) is 19.1 Å². The number of carbonyl (C=O) groups excluding carboxylic acids is 2. The molecule has 1 aliphatic heterocycles. The second-order valence-corrected chi connectivity index (χ2v) is 5.85. The summed E-state index contributed by atoms with van der Waals surface area (Å²) in [6, 6.07) is 8.69. The minimum atomic E-state index is -0.157. The molecule has 2 aromatic rings. The second-order valence-electron chi connectivity index (χ2n) is 5.85. The van der Waals surface area contributed by atoms with Crippen LogP contribution in [0.4, 0.5) is 0 Å². The zero-order valence-electron chi connectivity index (χ0n) is 14.0. The van der Waals surface area contributed by atoms with Gasteiger partial charge in [-0.15, -0.1) is 0 Å². The molecule has 2 heterocycles. The Bertz CT molecular complexity index is 761. The first-order valence-corrected chi connectivity index (χ1v) is 8.25. The maximum Gasteiger partial charge on any atom is 0.220 e. The van der Waals surface area contributed by atoms with Crippen molar-refractivity contribution in [2.24, 2.45) is 0 Å². The third kappa shape index (κ3) is 4.35. The molecule has 0 saturated carbocycles. The van der Waals surface area contributed by atoms with Gasteiger partial charge in [0.25, 0.3) is 0 Å². The van der Waals surface area contributed by atoms with Gasteiger partial charge in [-0.3, -0.25) is 14.6 Å². The Morgan fingerprint density at radius 2 is 1.80 bits per heavy atom. The molecule has 130 valence electrons. The summed E-state index contributed by atoms with van der Waals surface area (Å²) < 4.78 is 10.9. The monoisotopic (exact) mass is 340 g/mol. The van der Waals surface area contributed by atoms with Crippen molar-refractivity contribution in [3.63, 3.8) is 0 Å². The van der Waals surface area contributed by atoms with Crippen molar-refractivity contribution in [2.45, 2.75) is 25.8 Å². The number of aromatic nitrogens is 1. The number of pyridine rings is 1. The highest BCUT2D eigenvalue weighted by Gasteiger charge is 2.16. The summed E-state index contributed by atoms with van der Waals surface area (Å²) in [6.45, 7) is 2.88. The van der Waals surface area contributed by atoms with Crippen LogP contribution < -0.4 is 14.8 Å². The molecule has 1 N–H and O–H groups in total. The normalized spacial score (nSPS) is 13.8. The quantitative estimate of drug-likeness (QED) is 0.818. The van der Waals surface area contributed by atoms with Crippen molar-refractivity contribution >= 4 is 11.7 Å². The Kier molecular flexibility index (Phi) is 5.28. The SMILES string of the molecule is CC(NC(=O)CCC(=O)c1ccc2c(c1)OCCO2)c1ccncc1. The predicted octanol–water partition coefficient (Wildman–Crippen LogP) is 2.69. The van der Waals surface area contributed by atoms with Gasteiger partial charge in [0.15, 0.2) is 17.3 Å². The molecule has 0 saturated heterocycles. The lowest BCUT2D eigenvalue weighted by Gasteiger charge is -2.18. The van der Waals surface area contributed by atoms with Crippen molar-refractivity contribution in [3.05, 3.63) is 53.9 Å². The lowest BCUT2D eigenvalue weighted by molar-refractivity contribution is -0.121. The van der Waals surface area contributed by atoms with Crippen molar-refractivity contribution in [3.8, 4) is 11.5 Å². The molecule has 1 atom stereocenters. The highest BCUT2D eigenvalue weighted by atomic mass is 16.6.